The minimum atomic E-state index is -0.0455. The summed E-state index contributed by atoms with van der Waals surface area (Å²) in [4.78, 5) is 16.5. The van der Waals surface area contributed by atoms with Crippen LogP contribution in [0, 0.1) is 0 Å². The number of rotatable bonds is 2. The van der Waals surface area contributed by atoms with Gasteiger partial charge in [-0.25, -0.2) is 0 Å². The third-order valence-electron chi connectivity index (χ3n) is 4.78. The summed E-state index contributed by atoms with van der Waals surface area (Å²) in [5, 5.41) is 2.00. The topological polar surface area (TPSA) is 32.9 Å². The van der Waals surface area contributed by atoms with Crippen LogP contribution in [-0.4, -0.2) is 4.98 Å². The van der Waals surface area contributed by atoms with Gasteiger partial charge in [0.15, 0.2) is 5.43 Å². The maximum Gasteiger partial charge on any atom is 0.197 e. The van der Waals surface area contributed by atoms with Crippen molar-refractivity contribution in [1.82, 2.24) is 4.98 Å². The van der Waals surface area contributed by atoms with Gasteiger partial charge in [-0.15, -0.1) is 0 Å². The van der Waals surface area contributed by atoms with Crippen molar-refractivity contribution in [2.24, 2.45) is 0 Å². The van der Waals surface area contributed by atoms with Crippen LogP contribution in [0.2, 0.25) is 10.0 Å². The van der Waals surface area contributed by atoms with Crippen LogP contribution < -0.4 is 5.43 Å². The van der Waals surface area contributed by atoms with Crippen LogP contribution >= 0.6 is 23.2 Å². The van der Waals surface area contributed by atoms with E-state index in [2.05, 4.69) is 43.1 Å². The Morgan fingerprint density at radius 2 is 1.65 bits per heavy atom. The van der Waals surface area contributed by atoms with E-state index in [1.807, 2.05) is 18.2 Å². The summed E-state index contributed by atoms with van der Waals surface area (Å²) < 4.78 is 0. The van der Waals surface area contributed by atoms with Gasteiger partial charge in [0.05, 0.1) is 26.5 Å². The Kier molecular flexibility index (Phi) is 4.26. The predicted octanol–water partition coefficient (Wildman–Crippen LogP) is 6.78. The molecule has 0 aliphatic carbocycles. The second-order valence-electron chi connectivity index (χ2n) is 6.74. The zero-order chi connectivity index (χ0) is 18.4. The van der Waals surface area contributed by atoms with Gasteiger partial charge in [-0.2, -0.15) is 0 Å². The molecule has 130 valence electrons. The Morgan fingerprint density at radius 3 is 2.35 bits per heavy atom. The summed E-state index contributed by atoms with van der Waals surface area (Å²) in [6.45, 7) is 4.33. The molecule has 0 saturated carbocycles. The molecule has 4 heteroatoms. The van der Waals surface area contributed by atoms with E-state index in [0.29, 0.717) is 32.3 Å². The first-order chi connectivity index (χ1) is 12.5. The number of halogens is 2. The van der Waals surface area contributed by atoms with Gasteiger partial charge in [-0.05, 0) is 40.8 Å². The molecule has 2 nitrogen and oxygen atoms in total. The van der Waals surface area contributed by atoms with Crippen molar-refractivity contribution in [1.29, 1.82) is 0 Å². The molecule has 4 aromatic rings. The van der Waals surface area contributed by atoms with Gasteiger partial charge in [0.1, 0.15) is 0 Å². The SMILES string of the molecule is CC(C)c1ccc(-c2cccc3[nH]c4c(Cl)c(Cl)ccc4c(=O)c23)cc1. The van der Waals surface area contributed by atoms with Gasteiger partial charge in [-0.3, -0.25) is 4.79 Å². The van der Waals surface area contributed by atoms with Crippen LogP contribution in [0.4, 0.5) is 0 Å². The molecule has 0 atom stereocenters. The molecule has 0 bridgehead atoms. The lowest BCUT2D eigenvalue weighted by Crippen LogP contribution is -2.06. The summed E-state index contributed by atoms with van der Waals surface area (Å²) in [5.74, 6) is 0.468. The highest BCUT2D eigenvalue weighted by atomic mass is 35.5. The zero-order valence-corrected chi connectivity index (χ0v) is 15.9. The number of aromatic amines is 1. The summed E-state index contributed by atoms with van der Waals surface area (Å²) >= 11 is 12.4. The van der Waals surface area contributed by atoms with E-state index < -0.39 is 0 Å². The summed E-state index contributed by atoms with van der Waals surface area (Å²) in [6.07, 6.45) is 0. The molecule has 0 fully saturated rings. The number of hydrogen-bond donors (Lipinski definition) is 1. The van der Waals surface area contributed by atoms with Crippen molar-refractivity contribution in [3.63, 3.8) is 0 Å². The van der Waals surface area contributed by atoms with E-state index >= 15 is 0 Å². The molecule has 0 saturated heterocycles. The van der Waals surface area contributed by atoms with E-state index in [9.17, 15) is 4.79 Å². The number of H-pyrrole nitrogens is 1. The fraction of sp³-hybridized carbons (Fsp3) is 0.136. The lowest BCUT2D eigenvalue weighted by atomic mass is 9.96. The van der Waals surface area contributed by atoms with Gasteiger partial charge in [0.25, 0.3) is 0 Å². The molecule has 0 aliphatic heterocycles. The van der Waals surface area contributed by atoms with Crippen LogP contribution in [0.1, 0.15) is 25.3 Å². The molecule has 1 aromatic heterocycles. The smallest absolute Gasteiger partial charge is 0.197 e. The van der Waals surface area contributed by atoms with Crippen molar-refractivity contribution in [3.05, 3.63) is 80.4 Å². The number of nitrogens with one attached hydrogen (secondary N) is 1. The fourth-order valence-corrected chi connectivity index (χ4v) is 3.69. The third kappa shape index (κ3) is 2.70. The summed E-state index contributed by atoms with van der Waals surface area (Å²) in [7, 11) is 0. The maximum absolute atomic E-state index is 13.2. The molecular weight excluding hydrogens is 365 g/mol. The lowest BCUT2D eigenvalue weighted by molar-refractivity contribution is 0.867. The molecule has 1 N–H and O–H groups in total. The molecule has 4 rings (SSSR count). The number of benzene rings is 3. The Bertz CT molecular complexity index is 1190. The predicted molar refractivity (Wildman–Crippen MR) is 112 cm³/mol. The largest absolute Gasteiger partial charge is 0.353 e. The maximum atomic E-state index is 13.2. The first-order valence-electron chi connectivity index (χ1n) is 8.50. The summed E-state index contributed by atoms with van der Waals surface area (Å²) in [5.41, 5.74) is 4.48. The number of aromatic nitrogens is 1. The second kappa shape index (κ2) is 6.46. The van der Waals surface area contributed by atoms with Crippen molar-refractivity contribution < 1.29 is 0 Å². The normalized spacial score (nSPS) is 11.6. The summed E-state index contributed by atoms with van der Waals surface area (Å²) in [6, 6.07) is 17.6. The second-order valence-corrected chi connectivity index (χ2v) is 7.53. The van der Waals surface area contributed by atoms with Crippen LogP contribution in [0.3, 0.4) is 0 Å². The number of fused-ring (bicyclic) bond motifs is 2. The van der Waals surface area contributed by atoms with Crippen molar-refractivity contribution >= 4 is 45.0 Å². The Hall–Kier alpha value is -2.29. The molecule has 0 radical (unpaired) electrons. The lowest BCUT2D eigenvalue weighted by Gasteiger charge is -2.11. The molecule has 0 spiro atoms. The van der Waals surface area contributed by atoms with Gasteiger partial charge in [0, 0.05) is 5.39 Å². The monoisotopic (exact) mass is 381 g/mol. The van der Waals surface area contributed by atoms with E-state index in [1.54, 1.807) is 12.1 Å². The first kappa shape index (κ1) is 17.1. The average Bonchev–Trinajstić information content (AvgIpc) is 2.65. The Morgan fingerprint density at radius 1 is 0.923 bits per heavy atom. The van der Waals surface area contributed by atoms with E-state index in [1.165, 1.54) is 5.56 Å². The minimum Gasteiger partial charge on any atom is -0.353 e. The molecule has 0 unspecified atom stereocenters. The Balaban J connectivity index is 2.04. The molecule has 0 amide bonds. The van der Waals surface area contributed by atoms with Crippen LogP contribution in [0.25, 0.3) is 32.9 Å². The molecular formula is C22H17Cl2NO. The average molecular weight is 382 g/mol. The van der Waals surface area contributed by atoms with E-state index in [4.69, 9.17) is 23.2 Å². The number of hydrogen-bond acceptors (Lipinski definition) is 1. The highest BCUT2D eigenvalue weighted by molar-refractivity contribution is 6.45. The minimum absolute atomic E-state index is 0.0455. The number of pyridine rings is 1. The Labute approximate surface area is 161 Å². The van der Waals surface area contributed by atoms with Crippen molar-refractivity contribution in [2.45, 2.75) is 19.8 Å². The van der Waals surface area contributed by atoms with Gasteiger partial charge in [-0.1, -0.05) is 73.4 Å². The third-order valence-corrected chi connectivity index (χ3v) is 5.58. The van der Waals surface area contributed by atoms with Crippen molar-refractivity contribution in [3.8, 4) is 11.1 Å². The van der Waals surface area contributed by atoms with Gasteiger partial charge in [0.2, 0.25) is 0 Å². The fourth-order valence-electron chi connectivity index (χ4n) is 3.32. The van der Waals surface area contributed by atoms with Gasteiger partial charge >= 0.3 is 0 Å². The molecule has 1 heterocycles. The highest BCUT2D eigenvalue weighted by Crippen LogP contribution is 2.32. The quantitative estimate of drug-likeness (QED) is 0.381. The van der Waals surface area contributed by atoms with Crippen molar-refractivity contribution in [2.75, 3.05) is 0 Å². The molecule has 26 heavy (non-hydrogen) atoms. The van der Waals surface area contributed by atoms with Crippen LogP contribution in [-0.2, 0) is 0 Å². The molecule has 0 aliphatic rings. The molecule has 3 aromatic carbocycles. The standard InChI is InChI=1S/C22H17Cl2NO/c1-12(2)13-6-8-14(9-7-13)15-4-3-5-18-19(15)22(26)16-10-11-17(23)20(24)21(16)25-18/h3-12H,1-2H3,(H,25,26). The van der Waals surface area contributed by atoms with Gasteiger partial charge < -0.3 is 4.98 Å². The zero-order valence-electron chi connectivity index (χ0n) is 14.4. The van der Waals surface area contributed by atoms with E-state index in [-0.39, 0.29) is 5.43 Å². The highest BCUT2D eigenvalue weighted by Gasteiger charge is 2.14. The van der Waals surface area contributed by atoms with E-state index in [0.717, 1.165) is 16.6 Å². The van der Waals surface area contributed by atoms with Crippen LogP contribution in [0.15, 0.2) is 59.4 Å². The van der Waals surface area contributed by atoms with Crippen LogP contribution in [0.5, 0.6) is 0 Å². The first-order valence-corrected chi connectivity index (χ1v) is 9.26.